The van der Waals surface area contributed by atoms with Crippen LogP contribution in [0.3, 0.4) is 0 Å². The third-order valence-corrected chi connectivity index (χ3v) is 6.65. The molecule has 154 valence electrons. The van der Waals surface area contributed by atoms with Gasteiger partial charge in [0.05, 0.1) is 5.69 Å². The van der Waals surface area contributed by atoms with Gasteiger partial charge in [-0.2, -0.15) is 0 Å². The van der Waals surface area contributed by atoms with Crippen molar-refractivity contribution in [2.24, 2.45) is 0 Å². The molecule has 0 aromatic heterocycles. The predicted octanol–water partition coefficient (Wildman–Crippen LogP) is 5.64. The molecule has 3 aromatic rings. The van der Waals surface area contributed by atoms with Crippen molar-refractivity contribution in [3.63, 3.8) is 0 Å². The maximum absolute atomic E-state index is 12.8. The van der Waals surface area contributed by atoms with Crippen molar-refractivity contribution in [3.05, 3.63) is 95.1 Å². The molecule has 0 saturated heterocycles. The van der Waals surface area contributed by atoms with E-state index in [1.807, 2.05) is 36.0 Å². The number of rotatable bonds is 6. The molecule has 0 radical (unpaired) electrons. The summed E-state index contributed by atoms with van der Waals surface area (Å²) in [4.78, 5) is 16.5. The van der Waals surface area contributed by atoms with Gasteiger partial charge in [-0.25, -0.2) is 0 Å². The van der Waals surface area contributed by atoms with Crippen molar-refractivity contribution in [2.75, 3.05) is 23.7 Å². The summed E-state index contributed by atoms with van der Waals surface area (Å²) in [6, 6.07) is 25.1. The van der Waals surface area contributed by atoms with Crippen LogP contribution in [0.25, 0.3) is 0 Å². The second-order valence-electron chi connectivity index (χ2n) is 7.96. The van der Waals surface area contributed by atoms with Crippen molar-refractivity contribution in [1.82, 2.24) is 5.32 Å². The molecule has 1 heterocycles. The Labute approximate surface area is 183 Å². The number of nitrogens with zero attached hydrogens (tertiary/aromatic N) is 1. The summed E-state index contributed by atoms with van der Waals surface area (Å²) in [7, 11) is 0. The van der Waals surface area contributed by atoms with Crippen LogP contribution >= 0.6 is 11.8 Å². The SMILES string of the molecule is Cc1ccc(CN2CCSc3ccc(C(=O)NC[C@@H](C)c4ccccc4)cc32)cc1. The van der Waals surface area contributed by atoms with Gasteiger partial charge in [-0.3, -0.25) is 4.79 Å². The lowest BCUT2D eigenvalue weighted by atomic mass is 10.0. The summed E-state index contributed by atoms with van der Waals surface area (Å²) in [6.07, 6.45) is 0. The first kappa shape index (κ1) is 20.5. The Morgan fingerprint density at radius 3 is 2.60 bits per heavy atom. The highest BCUT2D eigenvalue weighted by molar-refractivity contribution is 7.99. The van der Waals surface area contributed by atoms with E-state index in [-0.39, 0.29) is 11.8 Å². The van der Waals surface area contributed by atoms with Crippen molar-refractivity contribution < 1.29 is 4.79 Å². The van der Waals surface area contributed by atoms with Gasteiger partial charge in [0.1, 0.15) is 0 Å². The quantitative estimate of drug-likeness (QED) is 0.564. The van der Waals surface area contributed by atoms with E-state index >= 15 is 0 Å². The maximum Gasteiger partial charge on any atom is 0.251 e. The fourth-order valence-electron chi connectivity index (χ4n) is 3.74. The van der Waals surface area contributed by atoms with Crippen molar-refractivity contribution in [2.45, 2.75) is 31.2 Å². The van der Waals surface area contributed by atoms with Crippen LogP contribution in [0.15, 0.2) is 77.7 Å². The molecule has 1 N–H and O–H groups in total. The number of amides is 1. The van der Waals surface area contributed by atoms with E-state index < -0.39 is 0 Å². The zero-order valence-electron chi connectivity index (χ0n) is 17.6. The molecular formula is C26H28N2OS. The Balaban J connectivity index is 1.46. The molecule has 0 bridgehead atoms. The van der Waals surface area contributed by atoms with Crippen LogP contribution in [0.5, 0.6) is 0 Å². The number of hydrogen-bond acceptors (Lipinski definition) is 3. The molecule has 0 spiro atoms. The number of fused-ring (bicyclic) bond motifs is 1. The summed E-state index contributed by atoms with van der Waals surface area (Å²) in [6.45, 7) is 6.73. The van der Waals surface area contributed by atoms with E-state index in [0.29, 0.717) is 6.54 Å². The molecule has 0 aliphatic carbocycles. The van der Waals surface area contributed by atoms with Crippen molar-refractivity contribution >= 4 is 23.4 Å². The third kappa shape index (κ3) is 4.88. The summed E-state index contributed by atoms with van der Waals surface area (Å²) < 4.78 is 0. The highest BCUT2D eigenvalue weighted by Crippen LogP contribution is 2.36. The molecule has 1 atom stereocenters. The molecule has 3 nitrogen and oxygen atoms in total. The molecule has 0 fully saturated rings. The minimum atomic E-state index is -0.00793. The van der Waals surface area contributed by atoms with E-state index in [2.05, 4.69) is 72.6 Å². The summed E-state index contributed by atoms with van der Waals surface area (Å²) in [5, 5.41) is 3.11. The van der Waals surface area contributed by atoms with E-state index in [4.69, 9.17) is 0 Å². The first-order valence-electron chi connectivity index (χ1n) is 10.5. The van der Waals surface area contributed by atoms with Crippen LogP contribution in [-0.4, -0.2) is 24.7 Å². The van der Waals surface area contributed by atoms with Crippen LogP contribution in [0.2, 0.25) is 0 Å². The predicted molar refractivity (Wildman–Crippen MR) is 127 cm³/mol. The van der Waals surface area contributed by atoms with Gasteiger partial charge < -0.3 is 10.2 Å². The molecule has 1 aliphatic heterocycles. The number of nitrogens with one attached hydrogen (secondary N) is 1. The van der Waals surface area contributed by atoms with E-state index in [9.17, 15) is 4.79 Å². The third-order valence-electron chi connectivity index (χ3n) is 5.61. The number of anilines is 1. The van der Waals surface area contributed by atoms with E-state index in [1.165, 1.54) is 21.6 Å². The van der Waals surface area contributed by atoms with Gasteiger partial charge in [0.15, 0.2) is 0 Å². The smallest absolute Gasteiger partial charge is 0.251 e. The van der Waals surface area contributed by atoms with Gasteiger partial charge in [-0.1, -0.05) is 67.1 Å². The second kappa shape index (κ2) is 9.40. The Morgan fingerprint density at radius 1 is 1.07 bits per heavy atom. The van der Waals surface area contributed by atoms with Gasteiger partial charge in [0.2, 0.25) is 0 Å². The topological polar surface area (TPSA) is 32.3 Å². The molecular weight excluding hydrogens is 388 g/mol. The molecule has 1 amide bonds. The molecule has 30 heavy (non-hydrogen) atoms. The van der Waals surface area contributed by atoms with Crippen LogP contribution < -0.4 is 10.2 Å². The Bertz CT molecular complexity index is 1000. The lowest BCUT2D eigenvalue weighted by Gasteiger charge is -2.31. The van der Waals surface area contributed by atoms with Crippen molar-refractivity contribution in [3.8, 4) is 0 Å². The lowest BCUT2D eigenvalue weighted by molar-refractivity contribution is 0.0951. The second-order valence-corrected chi connectivity index (χ2v) is 9.10. The highest BCUT2D eigenvalue weighted by atomic mass is 32.2. The monoisotopic (exact) mass is 416 g/mol. The van der Waals surface area contributed by atoms with Crippen LogP contribution in [0, 0.1) is 6.92 Å². The zero-order valence-corrected chi connectivity index (χ0v) is 18.4. The largest absolute Gasteiger partial charge is 0.365 e. The summed E-state index contributed by atoms with van der Waals surface area (Å²) in [5.41, 5.74) is 5.70. The average Bonchev–Trinajstić information content (AvgIpc) is 2.79. The lowest BCUT2D eigenvalue weighted by Crippen LogP contribution is -2.30. The Morgan fingerprint density at radius 2 is 1.83 bits per heavy atom. The van der Waals surface area contributed by atoms with E-state index in [1.54, 1.807) is 0 Å². The number of carbonyl (C=O) groups is 1. The Hall–Kier alpha value is -2.72. The van der Waals surface area contributed by atoms with Gasteiger partial charge in [-0.15, -0.1) is 11.8 Å². The fourth-order valence-corrected chi connectivity index (χ4v) is 4.77. The minimum Gasteiger partial charge on any atom is -0.365 e. The van der Waals surface area contributed by atoms with Crippen LogP contribution in [-0.2, 0) is 6.54 Å². The molecule has 0 unspecified atom stereocenters. The normalized spacial score (nSPS) is 14.1. The standard InChI is InChI=1S/C26H28N2OS/c1-19-8-10-21(11-9-19)18-28-14-15-30-25-13-12-23(16-24(25)28)26(29)27-17-20(2)22-6-4-3-5-7-22/h3-13,16,20H,14-15,17-18H2,1-2H3,(H,27,29)/t20-/m1/s1. The number of thioether (sulfide) groups is 1. The van der Waals surface area contributed by atoms with Gasteiger partial charge in [0.25, 0.3) is 5.91 Å². The van der Waals surface area contributed by atoms with Crippen LogP contribution in [0.4, 0.5) is 5.69 Å². The van der Waals surface area contributed by atoms with E-state index in [0.717, 1.165) is 30.1 Å². The molecule has 0 saturated carbocycles. The zero-order chi connectivity index (χ0) is 20.9. The average molecular weight is 417 g/mol. The molecule has 3 aromatic carbocycles. The maximum atomic E-state index is 12.8. The van der Waals surface area contributed by atoms with Gasteiger partial charge in [-0.05, 0) is 42.2 Å². The summed E-state index contributed by atoms with van der Waals surface area (Å²) >= 11 is 1.87. The molecule has 4 heteroatoms. The van der Waals surface area contributed by atoms with Crippen molar-refractivity contribution in [1.29, 1.82) is 0 Å². The minimum absolute atomic E-state index is 0.00793. The highest BCUT2D eigenvalue weighted by Gasteiger charge is 2.20. The molecule has 1 aliphatic rings. The number of benzene rings is 3. The number of carbonyl (C=O) groups excluding carboxylic acids is 1. The van der Waals surface area contributed by atoms with Crippen LogP contribution in [0.1, 0.15) is 39.9 Å². The molecule has 4 rings (SSSR count). The van der Waals surface area contributed by atoms with Gasteiger partial charge in [0, 0.05) is 35.8 Å². The summed E-state index contributed by atoms with van der Waals surface area (Å²) in [5.74, 6) is 1.34. The number of hydrogen-bond donors (Lipinski definition) is 1. The Kier molecular flexibility index (Phi) is 6.44. The number of aryl methyl sites for hydroxylation is 1. The fraction of sp³-hybridized carbons (Fsp3) is 0.269. The van der Waals surface area contributed by atoms with Gasteiger partial charge >= 0.3 is 0 Å². The first-order valence-corrected chi connectivity index (χ1v) is 11.5. The first-order chi connectivity index (χ1) is 14.6.